The number of hydrogen-bond acceptors (Lipinski definition) is 3. The van der Waals surface area contributed by atoms with E-state index in [1.807, 2.05) is 23.1 Å². The van der Waals surface area contributed by atoms with Crippen LogP contribution in [0, 0.1) is 0 Å². The van der Waals surface area contributed by atoms with Crippen LogP contribution in [-0.4, -0.2) is 6.54 Å². The zero-order valence-corrected chi connectivity index (χ0v) is 38.8. The van der Waals surface area contributed by atoms with Gasteiger partial charge in [-0.3, -0.25) is 0 Å². The third-order valence-electron chi connectivity index (χ3n) is 13.2. The molecule has 1 aliphatic carbocycles. The molecule has 2 aliphatic rings. The highest BCUT2D eigenvalue weighted by molar-refractivity contribution is 7.99. The summed E-state index contributed by atoms with van der Waals surface area (Å²) >= 11 is 3.74. The van der Waals surface area contributed by atoms with Crippen molar-refractivity contribution >= 4 is 58.8 Å². The van der Waals surface area contributed by atoms with Crippen LogP contribution < -0.4 is 4.90 Å². The molecule has 0 saturated carbocycles. The highest BCUT2D eigenvalue weighted by Gasteiger charge is 2.42. The molecular weight excluding hydrogens is 763 g/mol. The number of fused-ring (bicyclic) bond motifs is 5. The summed E-state index contributed by atoms with van der Waals surface area (Å²) in [5.74, 6) is 0. The van der Waals surface area contributed by atoms with E-state index in [-0.39, 0.29) is 5.41 Å². The summed E-state index contributed by atoms with van der Waals surface area (Å²) in [7, 11) is 0. The molecule has 0 radical (unpaired) electrons. The lowest BCUT2D eigenvalue weighted by atomic mass is 9.70. The molecule has 2 heterocycles. The van der Waals surface area contributed by atoms with Crippen molar-refractivity contribution in [3.63, 3.8) is 0 Å². The van der Waals surface area contributed by atoms with Crippen molar-refractivity contribution in [3.8, 4) is 11.1 Å². The molecule has 0 fully saturated rings. The van der Waals surface area contributed by atoms with Gasteiger partial charge in [-0.25, -0.2) is 0 Å². The van der Waals surface area contributed by atoms with E-state index in [9.17, 15) is 0 Å². The normalized spacial score (nSPS) is 13.9. The van der Waals surface area contributed by atoms with Gasteiger partial charge < -0.3 is 4.90 Å². The minimum atomic E-state index is 0.0477. The van der Waals surface area contributed by atoms with Crippen LogP contribution in [0.2, 0.25) is 0 Å². The van der Waals surface area contributed by atoms with E-state index in [1.165, 1.54) is 182 Å². The SMILES string of the molecule is CCCCCCCCN1c2ccccc2Sc2cc(/C=C/c3ccc4c(c3)C(CCCCCCCC)(CCCCCCCC)c3cc(/C=C/c5cccs5)ccc3-4)ccc21. The van der Waals surface area contributed by atoms with Gasteiger partial charge >= 0.3 is 0 Å². The smallest absolute Gasteiger partial charge is 0.0553 e. The van der Waals surface area contributed by atoms with Gasteiger partial charge in [0.15, 0.2) is 0 Å². The summed E-state index contributed by atoms with van der Waals surface area (Å²) in [4.78, 5) is 6.64. The topological polar surface area (TPSA) is 3.24 Å². The Morgan fingerprint density at radius 1 is 0.467 bits per heavy atom. The molecule has 316 valence electrons. The van der Waals surface area contributed by atoms with Crippen LogP contribution in [0.1, 0.15) is 182 Å². The van der Waals surface area contributed by atoms with Crippen LogP contribution in [0.4, 0.5) is 11.4 Å². The van der Waals surface area contributed by atoms with Crippen molar-refractivity contribution in [1.82, 2.24) is 0 Å². The monoisotopic (exact) mass is 834 g/mol. The number of para-hydroxylation sites is 1. The van der Waals surface area contributed by atoms with E-state index in [4.69, 9.17) is 0 Å². The third kappa shape index (κ3) is 11.2. The van der Waals surface area contributed by atoms with Crippen molar-refractivity contribution in [2.75, 3.05) is 11.4 Å². The standard InChI is InChI=1S/C57H71NS2/c1-4-7-10-13-16-21-38-57(39-22-17-14-11-8-5-2)51-42-45(31-35-49(51)50-36-32-46(43-52(50)57)30-34-48-25-24-41-59-48)28-29-47-33-37-54-56(44-47)60-55-27-20-19-26-53(55)58(54)40-23-18-15-12-9-6-3/h19-20,24-37,41-44H,4-18,21-23,38-40H2,1-3H3/b29-28+,34-30+. The van der Waals surface area contributed by atoms with E-state index in [0.717, 1.165) is 6.54 Å². The molecule has 0 N–H and O–H groups in total. The van der Waals surface area contributed by atoms with E-state index >= 15 is 0 Å². The number of benzene rings is 4. The Balaban J connectivity index is 1.17. The van der Waals surface area contributed by atoms with Crippen LogP contribution >= 0.6 is 23.1 Å². The average Bonchev–Trinajstić information content (AvgIpc) is 3.90. The fraction of sp³-hybridized carbons (Fsp3) is 0.439. The lowest BCUT2D eigenvalue weighted by Crippen LogP contribution is -2.25. The Kier molecular flexibility index (Phi) is 16.9. The summed E-state index contributed by atoms with van der Waals surface area (Å²) in [6, 6.07) is 35.3. The van der Waals surface area contributed by atoms with E-state index in [1.54, 1.807) is 11.1 Å². The summed E-state index contributed by atoms with van der Waals surface area (Å²) in [5.41, 5.74) is 12.8. The Hall–Kier alpha value is -3.79. The highest BCUT2D eigenvalue weighted by Crippen LogP contribution is 2.55. The first kappa shape index (κ1) is 44.3. The Bertz CT molecular complexity index is 2120. The molecule has 1 nitrogen and oxygen atoms in total. The second-order valence-corrected chi connectivity index (χ2v) is 19.7. The lowest BCUT2D eigenvalue weighted by molar-refractivity contribution is 0.398. The van der Waals surface area contributed by atoms with Crippen LogP contribution in [0.15, 0.2) is 106 Å². The third-order valence-corrected chi connectivity index (χ3v) is 15.1. The van der Waals surface area contributed by atoms with Gasteiger partial charge in [0, 0.05) is 26.6 Å². The maximum Gasteiger partial charge on any atom is 0.0553 e. The Morgan fingerprint density at radius 2 is 0.983 bits per heavy atom. The Morgan fingerprint density at radius 3 is 1.58 bits per heavy atom. The molecule has 1 aromatic heterocycles. The van der Waals surface area contributed by atoms with Crippen molar-refractivity contribution in [2.45, 2.75) is 164 Å². The quantitative estimate of drug-likeness (QED) is 0.0426. The molecule has 0 unspecified atom stereocenters. The maximum atomic E-state index is 2.59. The van der Waals surface area contributed by atoms with Crippen LogP contribution in [-0.2, 0) is 5.41 Å². The molecule has 3 heteroatoms. The first-order valence-electron chi connectivity index (χ1n) is 24.0. The van der Waals surface area contributed by atoms with Gasteiger partial charge in [-0.15, -0.1) is 11.3 Å². The van der Waals surface area contributed by atoms with Crippen molar-refractivity contribution < 1.29 is 0 Å². The minimum absolute atomic E-state index is 0.0477. The molecular formula is C57H71NS2. The minimum Gasteiger partial charge on any atom is -0.340 e. The summed E-state index contributed by atoms with van der Waals surface area (Å²) < 4.78 is 0. The predicted octanol–water partition coefficient (Wildman–Crippen LogP) is 18.8. The zero-order chi connectivity index (χ0) is 41.4. The molecule has 1 aliphatic heterocycles. The van der Waals surface area contributed by atoms with Gasteiger partial charge in [-0.05, 0) is 100.0 Å². The van der Waals surface area contributed by atoms with Crippen molar-refractivity contribution in [1.29, 1.82) is 0 Å². The number of rotatable bonds is 25. The summed E-state index contributed by atoms with van der Waals surface area (Å²) in [6.07, 6.45) is 35.8. The number of anilines is 2. The van der Waals surface area contributed by atoms with E-state index in [0.29, 0.717) is 0 Å². The predicted molar refractivity (Wildman–Crippen MR) is 268 cm³/mol. The largest absolute Gasteiger partial charge is 0.340 e. The number of nitrogens with zero attached hydrogens (tertiary/aromatic N) is 1. The van der Waals surface area contributed by atoms with Gasteiger partial charge in [0.2, 0.25) is 0 Å². The summed E-state index contributed by atoms with van der Waals surface area (Å²) in [5, 5.41) is 2.17. The van der Waals surface area contributed by atoms with E-state index in [2.05, 4.69) is 146 Å². The molecule has 0 bridgehead atoms. The van der Waals surface area contributed by atoms with Crippen LogP contribution in [0.25, 0.3) is 35.4 Å². The second kappa shape index (κ2) is 22.9. The molecule has 0 spiro atoms. The van der Waals surface area contributed by atoms with Crippen molar-refractivity contribution in [2.24, 2.45) is 0 Å². The van der Waals surface area contributed by atoms with Crippen molar-refractivity contribution in [3.05, 3.63) is 129 Å². The number of thiophene rings is 1. The average molecular weight is 834 g/mol. The molecule has 0 atom stereocenters. The molecule has 7 rings (SSSR count). The van der Waals surface area contributed by atoms with Gasteiger partial charge in [0.25, 0.3) is 0 Å². The van der Waals surface area contributed by atoms with Gasteiger partial charge in [-0.2, -0.15) is 0 Å². The Labute approximate surface area is 372 Å². The molecule has 4 aromatic carbocycles. The molecule has 5 aromatic rings. The summed E-state index contributed by atoms with van der Waals surface area (Å²) in [6.45, 7) is 8.03. The van der Waals surface area contributed by atoms with Gasteiger partial charge in [0.1, 0.15) is 0 Å². The fourth-order valence-electron chi connectivity index (χ4n) is 9.82. The number of unbranched alkanes of at least 4 members (excludes halogenated alkanes) is 15. The van der Waals surface area contributed by atoms with Gasteiger partial charge in [-0.1, -0.05) is 221 Å². The highest BCUT2D eigenvalue weighted by atomic mass is 32.2. The molecule has 0 saturated heterocycles. The maximum absolute atomic E-state index is 2.59. The van der Waals surface area contributed by atoms with Gasteiger partial charge in [0.05, 0.1) is 11.4 Å². The second-order valence-electron chi connectivity index (χ2n) is 17.6. The first-order valence-corrected chi connectivity index (χ1v) is 25.7. The zero-order valence-electron chi connectivity index (χ0n) is 37.2. The number of hydrogen-bond donors (Lipinski definition) is 0. The van der Waals surface area contributed by atoms with E-state index < -0.39 is 0 Å². The first-order chi connectivity index (χ1) is 29.6. The molecule has 60 heavy (non-hydrogen) atoms. The van der Waals surface area contributed by atoms with Crippen LogP contribution in [0.3, 0.4) is 0 Å². The fourth-order valence-corrected chi connectivity index (χ4v) is 11.6. The van der Waals surface area contributed by atoms with Crippen LogP contribution in [0.5, 0.6) is 0 Å². The lowest BCUT2D eigenvalue weighted by Gasteiger charge is -2.33. The molecule has 0 amide bonds.